The van der Waals surface area contributed by atoms with Crippen LogP contribution < -0.4 is 10.6 Å². The van der Waals surface area contributed by atoms with Gasteiger partial charge in [-0.3, -0.25) is 14.1 Å². The molecular formula is C19H17N5O5S2. The number of fused-ring (bicyclic) bond motifs is 1. The highest BCUT2D eigenvalue weighted by atomic mass is 32.2. The average Bonchev–Trinajstić information content (AvgIpc) is 3.23. The molecule has 3 heterocycles. The fourth-order valence-electron chi connectivity index (χ4n) is 3.64. The van der Waals surface area contributed by atoms with Crippen LogP contribution in [0.4, 0.5) is 10.9 Å². The average molecular weight is 460 g/mol. The van der Waals surface area contributed by atoms with E-state index in [4.69, 9.17) is 5.73 Å². The molecule has 10 nitrogen and oxygen atoms in total. The number of nitrogens with zero attached hydrogens (tertiary/aromatic N) is 4. The second-order valence-electron chi connectivity index (χ2n) is 7.06. The van der Waals surface area contributed by atoms with Crippen molar-refractivity contribution in [2.75, 3.05) is 23.7 Å². The number of rotatable bonds is 4. The monoisotopic (exact) mass is 459 g/mol. The van der Waals surface area contributed by atoms with Crippen LogP contribution in [0, 0.1) is 11.3 Å². The number of piperidine rings is 1. The summed E-state index contributed by atoms with van der Waals surface area (Å²) in [7, 11) is -4.56. The Morgan fingerprint density at radius 1 is 1.19 bits per heavy atom. The first-order valence-electron chi connectivity index (χ1n) is 9.34. The lowest BCUT2D eigenvalue weighted by molar-refractivity contribution is 0.0712. The topological polar surface area (TPSA) is 158 Å². The minimum absolute atomic E-state index is 0.0568. The molecule has 1 saturated heterocycles. The van der Waals surface area contributed by atoms with Gasteiger partial charge in [-0.25, -0.2) is 9.88 Å². The molecule has 1 fully saturated rings. The van der Waals surface area contributed by atoms with Crippen molar-refractivity contribution in [3.63, 3.8) is 0 Å². The number of allylic oxidation sites excluding steroid dienone is 1. The molecule has 2 aliphatic heterocycles. The number of nitrogen functional groups attached to an aromatic ring is 1. The van der Waals surface area contributed by atoms with Gasteiger partial charge in [0.05, 0.1) is 20.9 Å². The third-order valence-corrected chi connectivity index (χ3v) is 6.76. The standard InChI is InChI=1S/C19H17N5O5S2/c20-10-11(8-15-16(22-19(21)30-15)23-6-2-1-3-7-23)24-17(25)13-5-4-12(31(27,28)29)9-14(13)18(24)26/h4-5,8-9H,1-3,6-7H2,(H2,21,22)(H,27,28,29). The molecular weight excluding hydrogens is 442 g/mol. The van der Waals surface area contributed by atoms with Gasteiger partial charge in [0.2, 0.25) is 0 Å². The summed E-state index contributed by atoms with van der Waals surface area (Å²) in [5, 5.41) is 9.99. The zero-order valence-electron chi connectivity index (χ0n) is 16.1. The van der Waals surface area contributed by atoms with E-state index in [1.54, 1.807) is 0 Å². The van der Waals surface area contributed by atoms with E-state index in [1.807, 2.05) is 6.07 Å². The van der Waals surface area contributed by atoms with E-state index >= 15 is 0 Å². The fourth-order valence-corrected chi connectivity index (χ4v) is 4.94. The maximum Gasteiger partial charge on any atom is 0.294 e. The van der Waals surface area contributed by atoms with Crippen molar-refractivity contribution in [1.82, 2.24) is 9.88 Å². The van der Waals surface area contributed by atoms with Crippen molar-refractivity contribution in [1.29, 1.82) is 5.26 Å². The van der Waals surface area contributed by atoms with Gasteiger partial charge in [-0.1, -0.05) is 11.3 Å². The van der Waals surface area contributed by atoms with Crippen molar-refractivity contribution in [2.45, 2.75) is 24.2 Å². The van der Waals surface area contributed by atoms with Gasteiger partial charge >= 0.3 is 0 Å². The number of nitrogens with two attached hydrogens (primary N) is 1. The summed E-state index contributed by atoms with van der Waals surface area (Å²) in [6.45, 7) is 1.58. The van der Waals surface area contributed by atoms with Crippen molar-refractivity contribution >= 4 is 50.3 Å². The summed E-state index contributed by atoms with van der Waals surface area (Å²) < 4.78 is 32.0. The largest absolute Gasteiger partial charge is 0.375 e. The number of amides is 2. The second-order valence-corrected chi connectivity index (χ2v) is 9.54. The van der Waals surface area contributed by atoms with Gasteiger partial charge in [-0.2, -0.15) is 13.7 Å². The van der Waals surface area contributed by atoms with E-state index in [1.165, 1.54) is 6.08 Å². The molecule has 0 aliphatic carbocycles. The fraction of sp³-hybridized carbons (Fsp3) is 0.263. The maximum atomic E-state index is 12.9. The maximum absolute atomic E-state index is 12.9. The Morgan fingerprint density at radius 3 is 2.52 bits per heavy atom. The summed E-state index contributed by atoms with van der Waals surface area (Å²) in [5.74, 6) is -1.01. The number of hydrogen-bond donors (Lipinski definition) is 2. The van der Waals surface area contributed by atoms with Gasteiger partial charge in [-0.05, 0) is 43.5 Å². The van der Waals surface area contributed by atoms with Gasteiger partial charge in [0.15, 0.2) is 5.13 Å². The Balaban J connectivity index is 1.74. The first-order chi connectivity index (χ1) is 14.7. The summed E-state index contributed by atoms with van der Waals surface area (Å²) in [6.07, 6.45) is 4.51. The molecule has 2 amide bonds. The predicted octanol–water partition coefficient (Wildman–Crippen LogP) is 2.12. The lowest BCUT2D eigenvalue weighted by Crippen LogP contribution is -2.30. The number of benzene rings is 1. The highest BCUT2D eigenvalue weighted by Gasteiger charge is 2.39. The van der Waals surface area contributed by atoms with Crippen LogP contribution in [-0.2, 0) is 10.1 Å². The molecule has 160 valence electrons. The minimum atomic E-state index is -4.56. The van der Waals surface area contributed by atoms with Gasteiger partial charge < -0.3 is 10.6 Å². The SMILES string of the molecule is N#CC(=Cc1sc(N)nc1N1CCCCC1)N1C(=O)c2ccc(S(=O)(=O)O)cc2C1=O. The third kappa shape index (κ3) is 3.78. The molecule has 0 saturated carbocycles. The molecule has 1 aromatic heterocycles. The number of nitriles is 1. The van der Waals surface area contributed by atoms with Crippen LogP contribution in [0.15, 0.2) is 28.8 Å². The number of carbonyl (C=O) groups is 2. The number of imide groups is 1. The molecule has 2 aliphatic rings. The van der Waals surface area contributed by atoms with Crippen LogP contribution in [-0.4, -0.2) is 47.8 Å². The zero-order chi connectivity index (χ0) is 22.3. The van der Waals surface area contributed by atoms with Crippen molar-refractivity contribution in [3.05, 3.63) is 39.9 Å². The first-order valence-corrected chi connectivity index (χ1v) is 11.6. The smallest absolute Gasteiger partial charge is 0.294 e. The van der Waals surface area contributed by atoms with Crippen molar-refractivity contribution in [2.24, 2.45) is 0 Å². The summed E-state index contributed by atoms with van der Waals surface area (Å²) in [6, 6.07) is 4.95. The number of anilines is 2. The molecule has 1 aromatic carbocycles. The van der Waals surface area contributed by atoms with Gasteiger partial charge in [0.1, 0.15) is 17.6 Å². The molecule has 12 heteroatoms. The quantitative estimate of drug-likeness (QED) is 0.397. The summed E-state index contributed by atoms with van der Waals surface area (Å²) >= 11 is 1.14. The molecule has 31 heavy (non-hydrogen) atoms. The van der Waals surface area contributed by atoms with E-state index in [2.05, 4.69) is 9.88 Å². The number of carbonyl (C=O) groups excluding carboxylic acids is 2. The Hall–Kier alpha value is -3.27. The van der Waals surface area contributed by atoms with E-state index in [0.29, 0.717) is 20.7 Å². The highest BCUT2D eigenvalue weighted by molar-refractivity contribution is 7.85. The summed E-state index contributed by atoms with van der Waals surface area (Å²) in [5.41, 5.74) is 5.38. The van der Waals surface area contributed by atoms with Crippen LogP contribution in [0.1, 0.15) is 44.9 Å². The molecule has 0 atom stereocenters. The van der Waals surface area contributed by atoms with E-state index in [-0.39, 0.29) is 16.8 Å². The third-order valence-electron chi connectivity index (χ3n) is 5.09. The zero-order valence-corrected chi connectivity index (χ0v) is 17.7. The van der Waals surface area contributed by atoms with Gasteiger partial charge in [-0.15, -0.1) is 0 Å². The first kappa shape index (κ1) is 21.0. The van der Waals surface area contributed by atoms with E-state index < -0.39 is 26.8 Å². The molecule has 0 spiro atoms. The Kier molecular flexibility index (Phi) is 5.26. The highest BCUT2D eigenvalue weighted by Crippen LogP contribution is 2.34. The van der Waals surface area contributed by atoms with E-state index in [9.17, 15) is 27.8 Å². The normalized spacial score (nSPS) is 17.1. The van der Waals surface area contributed by atoms with Crippen LogP contribution >= 0.6 is 11.3 Å². The predicted molar refractivity (Wildman–Crippen MR) is 113 cm³/mol. The molecule has 0 bridgehead atoms. The molecule has 0 unspecified atom stereocenters. The molecule has 0 radical (unpaired) electrons. The molecule has 3 N–H and O–H groups in total. The van der Waals surface area contributed by atoms with E-state index in [0.717, 1.165) is 61.9 Å². The van der Waals surface area contributed by atoms with Crippen LogP contribution in [0.25, 0.3) is 6.08 Å². The van der Waals surface area contributed by atoms with Crippen LogP contribution in [0.2, 0.25) is 0 Å². The lowest BCUT2D eigenvalue weighted by Gasteiger charge is -2.27. The van der Waals surface area contributed by atoms with Gasteiger partial charge in [0.25, 0.3) is 21.9 Å². The Morgan fingerprint density at radius 2 is 1.87 bits per heavy atom. The molecule has 2 aromatic rings. The second kappa shape index (κ2) is 7.77. The Labute approximate surface area is 182 Å². The number of hydrogen-bond acceptors (Lipinski definition) is 9. The lowest BCUT2D eigenvalue weighted by atomic mass is 10.1. The number of aromatic nitrogens is 1. The van der Waals surface area contributed by atoms with Gasteiger partial charge in [0, 0.05) is 13.1 Å². The van der Waals surface area contributed by atoms with Crippen molar-refractivity contribution < 1.29 is 22.6 Å². The van der Waals surface area contributed by atoms with Crippen LogP contribution in [0.5, 0.6) is 0 Å². The number of thiazole rings is 1. The Bertz CT molecular complexity index is 1270. The van der Waals surface area contributed by atoms with Crippen LogP contribution in [0.3, 0.4) is 0 Å². The summed E-state index contributed by atoms with van der Waals surface area (Å²) in [4.78, 5) is 32.8. The minimum Gasteiger partial charge on any atom is -0.375 e. The molecule has 4 rings (SSSR count). The van der Waals surface area contributed by atoms with Crippen molar-refractivity contribution in [3.8, 4) is 6.07 Å².